The van der Waals surface area contributed by atoms with Crippen LogP contribution >= 0.6 is 45.2 Å². The molecule has 0 aliphatic rings. The van der Waals surface area contributed by atoms with Gasteiger partial charge in [-0.2, -0.15) is 0 Å². The predicted octanol–water partition coefficient (Wildman–Crippen LogP) is 2.86. The lowest BCUT2D eigenvalue weighted by atomic mass is 10.1. The first-order chi connectivity index (χ1) is 6.93. The number of aromatic nitrogens is 1. The second kappa shape index (κ2) is 5.32. The number of hydrogen-bond donors (Lipinski definition) is 1. The van der Waals surface area contributed by atoms with Gasteiger partial charge in [-0.05, 0) is 45.2 Å². The number of carboxylic acids is 1. The summed E-state index contributed by atoms with van der Waals surface area (Å²) >= 11 is 3.56. The predicted molar refractivity (Wildman–Crippen MR) is 66.0 cm³/mol. The molecule has 0 spiro atoms. The lowest BCUT2D eigenvalue weighted by Gasteiger charge is -2.08. The van der Waals surface area contributed by atoms with E-state index >= 15 is 0 Å². The van der Waals surface area contributed by atoms with Gasteiger partial charge in [-0.3, -0.25) is 4.79 Å². The number of halogens is 4. The summed E-state index contributed by atoms with van der Waals surface area (Å²) in [5, 5.41) is 8.62. The number of rotatable bonds is 3. The zero-order valence-corrected chi connectivity index (χ0v) is 11.5. The van der Waals surface area contributed by atoms with Crippen LogP contribution in [-0.4, -0.2) is 16.1 Å². The first-order valence-electron chi connectivity index (χ1n) is 3.76. The molecule has 1 heterocycles. The maximum absolute atomic E-state index is 12.5. The van der Waals surface area contributed by atoms with Crippen LogP contribution in [0.3, 0.4) is 0 Å². The fourth-order valence-corrected chi connectivity index (χ4v) is 2.92. The van der Waals surface area contributed by atoms with Gasteiger partial charge in [-0.1, -0.05) is 0 Å². The highest BCUT2D eigenvalue weighted by Gasteiger charge is 2.19. The van der Waals surface area contributed by atoms with E-state index in [-0.39, 0.29) is 15.6 Å². The Morgan fingerprint density at radius 2 is 2.13 bits per heavy atom. The lowest BCUT2D eigenvalue weighted by molar-refractivity contribution is -0.136. The molecule has 0 aromatic carbocycles. The fraction of sp³-hybridized carbons (Fsp3) is 0.250. The van der Waals surface area contributed by atoms with Crippen LogP contribution in [0.5, 0.6) is 0 Å². The van der Waals surface area contributed by atoms with E-state index in [2.05, 4.69) is 4.98 Å². The number of carbonyl (C=O) groups is 1. The summed E-state index contributed by atoms with van der Waals surface area (Å²) in [7, 11) is 0. The number of nitrogens with zero attached hydrogens (tertiary/aromatic N) is 1. The van der Waals surface area contributed by atoms with E-state index in [0.717, 1.165) is 6.20 Å². The van der Waals surface area contributed by atoms with Gasteiger partial charge >= 0.3 is 5.97 Å². The molecule has 0 aliphatic carbocycles. The van der Waals surface area contributed by atoms with Crippen LogP contribution in [-0.2, 0) is 11.2 Å². The van der Waals surface area contributed by atoms with Crippen molar-refractivity contribution in [1.82, 2.24) is 4.98 Å². The van der Waals surface area contributed by atoms with Crippen LogP contribution in [0, 0.1) is 7.27 Å². The Kier molecular flexibility index (Phi) is 4.62. The van der Waals surface area contributed by atoms with Crippen molar-refractivity contribution in [3.8, 4) is 0 Å². The third kappa shape index (κ3) is 3.20. The molecule has 0 bridgehead atoms. The van der Waals surface area contributed by atoms with E-state index < -0.39 is 12.4 Å². The summed E-state index contributed by atoms with van der Waals surface area (Å²) in [6.45, 7) is 0. The number of pyridine rings is 1. The molecule has 0 unspecified atom stereocenters. The summed E-state index contributed by atoms with van der Waals surface area (Å²) < 4.78 is 25.7. The van der Waals surface area contributed by atoms with E-state index in [9.17, 15) is 13.6 Å². The molecule has 0 atom stereocenters. The summed E-state index contributed by atoms with van der Waals surface area (Å²) in [5.74, 6) is -1.06. The number of alkyl halides is 2. The molecule has 0 fully saturated rings. The molecular weight excluding hydrogens is 434 g/mol. The highest BCUT2D eigenvalue weighted by Crippen LogP contribution is 2.28. The highest BCUT2D eigenvalue weighted by molar-refractivity contribution is 14.1. The fourth-order valence-electron chi connectivity index (χ4n) is 0.979. The molecule has 0 radical (unpaired) electrons. The monoisotopic (exact) mass is 439 g/mol. The van der Waals surface area contributed by atoms with Crippen molar-refractivity contribution in [2.24, 2.45) is 0 Å². The Morgan fingerprint density at radius 1 is 1.53 bits per heavy atom. The minimum absolute atomic E-state index is 0.215. The molecule has 1 aromatic heterocycles. The van der Waals surface area contributed by atoms with Gasteiger partial charge in [0, 0.05) is 20.9 Å². The summed E-state index contributed by atoms with van der Waals surface area (Å²) in [4.78, 5) is 14.3. The van der Waals surface area contributed by atoms with E-state index in [1.165, 1.54) is 0 Å². The summed E-state index contributed by atoms with van der Waals surface area (Å²) in [6.07, 6.45) is -1.84. The van der Waals surface area contributed by atoms with Gasteiger partial charge in [0.2, 0.25) is 0 Å². The average molecular weight is 439 g/mol. The Labute approximate surface area is 112 Å². The van der Waals surface area contributed by atoms with Gasteiger partial charge in [0.15, 0.2) is 0 Å². The quantitative estimate of drug-likeness (QED) is 0.583. The lowest BCUT2D eigenvalue weighted by Crippen LogP contribution is -2.08. The standard InChI is InChI=1S/C8H5F2I2NO2/c9-7(10)4-2-13-8(12)3(6(4)11)1-5(14)15/h2,7H,1H2,(H,14,15). The minimum Gasteiger partial charge on any atom is -0.481 e. The molecule has 82 valence electrons. The summed E-state index contributed by atoms with van der Waals surface area (Å²) in [6, 6.07) is 0. The van der Waals surface area contributed by atoms with Crippen molar-refractivity contribution < 1.29 is 18.7 Å². The van der Waals surface area contributed by atoms with Crippen molar-refractivity contribution in [3.63, 3.8) is 0 Å². The van der Waals surface area contributed by atoms with Crippen LogP contribution in [0.15, 0.2) is 6.20 Å². The van der Waals surface area contributed by atoms with Gasteiger partial charge < -0.3 is 5.11 Å². The van der Waals surface area contributed by atoms with E-state index in [0.29, 0.717) is 9.26 Å². The molecular formula is C8H5F2I2NO2. The topological polar surface area (TPSA) is 50.2 Å². The first-order valence-corrected chi connectivity index (χ1v) is 5.92. The molecule has 7 heteroatoms. The number of aliphatic carboxylic acids is 1. The maximum Gasteiger partial charge on any atom is 0.307 e. The van der Waals surface area contributed by atoms with Gasteiger partial charge in [0.1, 0.15) is 3.70 Å². The van der Waals surface area contributed by atoms with Crippen LogP contribution in [0.1, 0.15) is 17.6 Å². The van der Waals surface area contributed by atoms with Crippen molar-refractivity contribution in [2.75, 3.05) is 0 Å². The number of hydrogen-bond acceptors (Lipinski definition) is 2. The molecule has 15 heavy (non-hydrogen) atoms. The normalized spacial score (nSPS) is 10.7. The Morgan fingerprint density at radius 3 is 2.60 bits per heavy atom. The van der Waals surface area contributed by atoms with Gasteiger partial charge in [-0.25, -0.2) is 13.8 Å². The van der Waals surface area contributed by atoms with E-state index in [1.807, 2.05) is 22.6 Å². The third-order valence-electron chi connectivity index (χ3n) is 1.65. The van der Waals surface area contributed by atoms with Crippen molar-refractivity contribution in [2.45, 2.75) is 12.8 Å². The molecule has 0 saturated carbocycles. The molecule has 1 aromatic rings. The molecule has 1 N–H and O–H groups in total. The molecule has 0 amide bonds. The van der Waals surface area contributed by atoms with Crippen LogP contribution in [0.4, 0.5) is 8.78 Å². The van der Waals surface area contributed by atoms with Crippen LogP contribution in [0.25, 0.3) is 0 Å². The van der Waals surface area contributed by atoms with E-state index in [1.54, 1.807) is 22.6 Å². The SMILES string of the molecule is O=C(O)Cc1c(I)ncc(C(F)F)c1I. The third-order valence-corrected chi connectivity index (χ3v) is 3.85. The Balaban J connectivity index is 3.23. The van der Waals surface area contributed by atoms with Crippen molar-refractivity contribution >= 4 is 51.2 Å². The average Bonchev–Trinajstić information content (AvgIpc) is 2.11. The second-order valence-corrected chi connectivity index (χ2v) is 4.77. The minimum atomic E-state index is -2.63. The highest BCUT2D eigenvalue weighted by atomic mass is 127. The van der Waals surface area contributed by atoms with Gasteiger partial charge in [-0.15, -0.1) is 0 Å². The molecule has 3 nitrogen and oxygen atoms in total. The Bertz CT molecular complexity index is 398. The summed E-state index contributed by atoms with van der Waals surface area (Å²) in [5.41, 5.74) is 0.133. The van der Waals surface area contributed by atoms with Crippen LogP contribution in [0.2, 0.25) is 0 Å². The first kappa shape index (κ1) is 13.0. The van der Waals surface area contributed by atoms with Crippen molar-refractivity contribution in [1.29, 1.82) is 0 Å². The zero-order chi connectivity index (χ0) is 11.6. The molecule has 1 rings (SSSR count). The Hall–Kier alpha value is -0.0600. The largest absolute Gasteiger partial charge is 0.481 e. The zero-order valence-electron chi connectivity index (χ0n) is 7.18. The molecule has 0 saturated heterocycles. The number of carboxylic acid groups (broad SMARTS) is 1. The van der Waals surface area contributed by atoms with E-state index in [4.69, 9.17) is 5.11 Å². The van der Waals surface area contributed by atoms with Gasteiger partial charge in [0.25, 0.3) is 6.43 Å². The van der Waals surface area contributed by atoms with Crippen LogP contribution < -0.4 is 0 Å². The van der Waals surface area contributed by atoms with Gasteiger partial charge in [0.05, 0.1) is 6.42 Å². The smallest absolute Gasteiger partial charge is 0.307 e. The van der Waals surface area contributed by atoms with Crippen molar-refractivity contribution in [3.05, 3.63) is 24.6 Å². The molecule has 0 aliphatic heterocycles. The second-order valence-electron chi connectivity index (χ2n) is 2.67. The maximum atomic E-state index is 12.5.